The van der Waals surface area contributed by atoms with Crippen LogP contribution in [0.1, 0.15) is 99.0 Å². The molecule has 5 aliphatic rings. The zero-order valence-corrected chi connectivity index (χ0v) is 29.6. The summed E-state index contributed by atoms with van der Waals surface area (Å²) >= 11 is 0. The van der Waals surface area contributed by atoms with Crippen LogP contribution in [0, 0.1) is 17.8 Å². The van der Waals surface area contributed by atoms with Crippen molar-refractivity contribution in [3.63, 3.8) is 0 Å². The second-order valence-electron chi connectivity index (χ2n) is 13.6. The Bertz CT molecular complexity index is 1700. The van der Waals surface area contributed by atoms with Gasteiger partial charge >= 0.3 is 0 Å². The molecular weight excluding hydrogens is 600 g/mol. The average molecular weight is 653 g/mol. The Kier molecular flexibility index (Phi) is 10.7. The Balaban J connectivity index is 0.000000602. The fourth-order valence-electron chi connectivity index (χ4n) is 8.97. The van der Waals surface area contributed by atoms with Crippen molar-refractivity contribution in [1.29, 1.82) is 0 Å². The molecule has 4 fully saturated rings. The number of terminal acetylenes is 1. The molecule has 2 aromatic carbocycles. The van der Waals surface area contributed by atoms with E-state index in [2.05, 4.69) is 69.4 Å². The molecule has 8 heteroatoms. The Labute approximate surface area is 286 Å². The number of likely N-dealkylation sites (N-methyl/N-ethyl adjacent to an activating group) is 1. The van der Waals surface area contributed by atoms with Crippen molar-refractivity contribution in [2.75, 3.05) is 34.3 Å². The van der Waals surface area contributed by atoms with E-state index in [-0.39, 0.29) is 11.8 Å². The molecule has 3 aromatic rings. The number of aromatic nitrogens is 1. The molecule has 3 aliphatic heterocycles. The van der Waals surface area contributed by atoms with Crippen molar-refractivity contribution in [2.24, 2.45) is 5.41 Å². The van der Waals surface area contributed by atoms with Crippen LogP contribution in [0.2, 0.25) is 0 Å². The number of benzene rings is 2. The SMILES string of the molecule is C#CC.C=O.CC.CNC(=O)c1ccc2c(C3CCCCC3)c3n(c2c1)CC1(C(=O)N2CC4CC2CN4C)CC1c1cc(OC)ccc1-3. The molecule has 4 heterocycles. The molecule has 4 unspecified atom stereocenters. The summed E-state index contributed by atoms with van der Waals surface area (Å²) in [6, 6.07) is 13.5. The number of hydrogen-bond donors (Lipinski definition) is 1. The van der Waals surface area contributed by atoms with Crippen LogP contribution in [0.4, 0.5) is 0 Å². The summed E-state index contributed by atoms with van der Waals surface area (Å²) in [5, 5.41) is 4.05. The van der Waals surface area contributed by atoms with Crippen molar-refractivity contribution >= 4 is 29.5 Å². The quantitative estimate of drug-likeness (QED) is 0.321. The third-order valence-corrected chi connectivity index (χ3v) is 11.2. The highest BCUT2D eigenvalue weighted by molar-refractivity contribution is 6.01. The lowest BCUT2D eigenvalue weighted by Crippen LogP contribution is -2.50. The van der Waals surface area contributed by atoms with Crippen molar-refractivity contribution < 1.29 is 19.1 Å². The number of piperazine rings is 1. The number of rotatable bonds is 4. The standard InChI is InChI=1S/C34H40N4O3.C3H4.C2H6.CH2O/c1-35-32(39)21-9-11-26-29(13-21)38-19-34(33(40)37-18-22-14-23(37)17-36(22)2)16-28(34)27-15-24(41-3)10-12-25(27)31(38)30(26)20-7-5-4-6-8-20;1-3-2;2*1-2/h9-13,15,20,22-23,28H,4-8,14,16-19H2,1-3H3,(H,35,39);1H,2H3;1-2H3;1H2. The highest BCUT2D eigenvalue weighted by Gasteiger charge is 2.65. The summed E-state index contributed by atoms with van der Waals surface area (Å²) < 4.78 is 8.18. The largest absolute Gasteiger partial charge is 0.497 e. The van der Waals surface area contributed by atoms with Gasteiger partial charge in [0.25, 0.3) is 5.91 Å². The minimum Gasteiger partial charge on any atom is -0.497 e. The molecule has 8 nitrogen and oxygen atoms in total. The van der Waals surface area contributed by atoms with Crippen molar-refractivity contribution in [3.05, 3.63) is 53.1 Å². The number of nitrogens with zero attached hydrogens (tertiary/aromatic N) is 3. The Morgan fingerprint density at radius 1 is 1.04 bits per heavy atom. The maximum atomic E-state index is 14.7. The molecule has 2 aliphatic carbocycles. The number of fused-ring (bicyclic) bond motifs is 9. The van der Waals surface area contributed by atoms with E-state index in [9.17, 15) is 9.59 Å². The molecule has 256 valence electrons. The third kappa shape index (κ3) is 5.81. The first kappa shape index (κ1) is 35.2. The lowest BCUT2D eigenvalue weighted by atomic mass is 9.81. The molecular formula is C40H52N4O4. The molecule has 4 atom stereocenters. The maximum Gasteiger partial charge on any atom is 0.251 e. The van der Waals surface area contributed by atoms with E-state index in [1.165, 1.54) is 59.9 Å². The number of nitrogens with one attached hydrogen (secondary N) is 1. The van der Waals surface area contributed by atoms with Gasteiger partial charge in [0.15, 0.2) is 0 Å². The fourth-order valence-corrected chi connectivity index (χ4v) is 8.97. The summed E-state index contributed by atoms with van der Waals surface area (Å²) in [7, 11) is 5.60. The number of hydrogen-bond acceptors (Lipinski definition) is 5. The van der Waals surface area contributed by atoms with E-state index in [0.29, 0.717) is 36.0 Å². The lowest BCUT2D eigenvalue weighted by molar-refractivity contribution is -0.140. The van der Waals surface area contributed by atoms with Crippen molar-refractivity contribution in [2.45, 2.75) is 96.2 Å². The molecule has 2 bridgehead atoms. The predicted molar refractivity (Wildman–Crippen MR) is 192 cm³/mol. The molecule has 2 amide bonds. The second-order valence-corrected chi connectivity index (χ2v) is 13.6. The van der Waals surface area contributed by atoms with E-state index < -0.39 is 5.41 Å². The van der Waals surface area contributed by atoms with Gasteiger partial charge in [-0.05, 0) is 87.0 Å². The number of likely N-dealkylation sites (tertiary alicyclic amines) is 2. The summed E-state index contributed by atoms with van der Waals surface area (Å²) in [4.78, 5) is 40.1. The topological polar surface area (TPSA) is 83.9 Å². The first-order chi connectivity index (χ1) is 23.3. The fraction of sp³-hybridized carbons (Fsp3) is 0.525. The number of carbonyl (C=O) groups is 3. The van der Waals surface area contributed by atoms with Gasteiger partial charge in [-0.15, -0.1) is 12.3 Å². The average Bonchev–Trinajstić information content (AvgIpc) is 3.38. The smallest absolute Gasteiger partial charge is 0.251 e. The van der Waals surface area contributed by atoms with Gasteiger partial charge in [-0.2, -0.15) is 0 Å². The monoisotopic (exact) mass is 652 g/mol. The van der Waals surface area contributed by atoms with E-state index in [1.807, 2.05) is 26.7 Å². The lowest BCUT2D eigenvalue weighted by Gasteiger charge is -2.35. The Morgan fingerprint density at radius 2 is 1.75 bits per heavy atom. The van der Waals surface area contributed by atoms with Crippen molar-refractivity contribution in [1.82, 2.24) is 19.7 Å². The van der Waals surface area contributed by atoms with Crippen LogP contribution in [-0.2, 0) is 16.1 Å². The zero-order valence-electron chi connectivity index (χ0n) is 29.6. The molecule has 2 saturated carbocycles. The Morgan fingerprint density at radius 3 is 2.35 bits per heavy atom. The molecule has 48 heavy (non-hydrogen) atoms. The molecule has 2 saturated heterocycles. The molecule has 1 N–H and O–H groups in total. The molecule has 0 radical (unpaired) electrons. The molecule has 1 aromatic heterocycles. The van der Waals surface area contributed by atoms with Crippen LogP contribution in [0.5, 0.6) is 5.75 Å². The van der Waals surface area contributed by atoms with Crippen LogP contribution in [-0.4, -0.2) is 79.3 Å². The van der Waals surface area contributed by atoms with Crippen LogP contribution in [0.3, 0.4) is 0 Å². The van der Waals surface area contributed by atoms with Gasteiger partial charge in [-0.3, -0.25) is 14.5 Å². The summed E-state index contributed by atoms with van der Waals surface area (Å²) in [5.41, 5.74) is 6.47. The summed E-state index contributed by atoms with van der Waals surface area (Å²) in [6.45, 7) is 10.1. The van der Waals surface area contributed by atoms with E-state index in [1.54, 1.807) is 21.1 Å². The van der Waals surface area contributed by atoms with Gasteiger partial charge in [0, 0.05) is 66.7 Å². The summed E-state index contributed by atoms with van der Waals surface area (Å²) in [6.07, 6.45) is 12.7. The normalized spacial score (nSPS) is 24.9. The van der Waals surface area contributed by atoms with Gasteiger partial charge in [-0.25, -0.2) is 0 Å². The second kappa shape index (κ2) is 14.6. The molecule has 8 rings (SSSR count). The van der Waals surface area contributed by atoms with Crippen LogP contribution >= 0.6 is 0 Å². The van der Waals surface area contributed by atoms with Gasteiger partial charge in [-0.1, -0.05) is 39.2 Å². The maximum absolute atomic E-state index is 14.7. The van der Waals surface area contributed by atoms with Gasteiger partial charge in [0.2, 0.25) is 5.91 Å². The van der Waals surface area contributed by atoms with Crippen LogP contribution in [0.25, 0.3) is 22.2 Å². The van der Waals surface area contributed by atoms with Gasteiger partial charge in [0.05, 0.1) is 18.2 Å². The number of methoxy groups -OCH3 is 1. The first-order valence-corrected chi connectivity index (χ1v) is 17.6. The molecule has 0 spiro atoms. The summed E-state index contributed by atoms with van der Waals surface area (Å²) in [5.74, 6) is 4.01. The number of carbonyl (C=O) groups excluding carboxylic acids is 3. The minimum absolute atomic E-state index is 0.0762. The highest BCUT2D eigenvalue weighted by Crippen LogP contribution is 2.66. The van der Waals surface area contributed by atoms with Gasteiger partial charge < -0.3 is 24.3 Å². The van der Waals surface area contributed by atoms with Crippen LogP contribution in [0.15, 0.2) is 36.4 Å². The van der Waals surface area contributed by atoms with Crippen molar-refractivity contribution in [3.8, 4) is 29.4 Å². The first-order valence-electron chi connectivity index (χ1n) is 17.6. The minimum atomic E-state index is -0.464. The van der Waals surface area contributed by atoms with E-state index >= 15 is 0 Å². The van der Waals surface area contributed by atoms with E-state index in [0.717, 1.165) is 37.2 Å². The predicted octanol–water partition coefficient (Wildman–Crippen LogP) is 6.61. The third-order valence-electron chi connectivity index (χ3n) is 11.2. The highest BCUT2D eigenvalue weighted by atomic mass is 16.5. The number of amides is 2. The van der Waals surface area contributed by atoms with Gasteiger partial charge in [0.1, 0.15) is 12.5 Å². The van der Waals surface area contributed by atoms with Crippen LogP contribution < -0.4 is 10.1 Å². The van der Waals surface area contributed by atoms with E-state index in [4.69, 9.17) is 9.53 Å². The zero-order chi connectivity index (χ0) is 34.7. The Hall–Kier alpha value is -4.09. The number of ether oxygens (including phenoxy) is 1.